The van der Waals surface area contributed by atoms with Gasteiger partial charge in [0.05, 0.1) is 17.8 Å². The summed E-state index contributed by atoms with van der Waals surface area (Å²) in [5, 5.41) is 6.35. The summed E-state index contributed by atoms with van der Waals surface area (Å²) >= 11 is 7.56. The first-order valence-electron chi connectivity index (χ1n) is 10.5. The molecule has 0 aliphatic carbocycles. The number of aromatic nitrogens is 1. The van der Waals surface area contributed by atoms with Crippen LogP contribution in [0.1, 0.15) is 33.8 Å². The van der Waals surface area contributed by atoms with Gasteiger partial charge in [0, 0.05) is 16.8 Å². The molecule has 3 heterocycles. The number of aryl methyl sites for hydroxylation is 2. The normalized spacial score (nSPS) is 17.9. The first kappa shape index (κ1) is 20.7. The Labute approximate surface area is 197 Å². The standard InChI is InChI=1S/C26H23N3OS2/c1-17-6-10-20(11-7-17)30-21-12-8-19(9-13-21)29-24(25-18(2)14-16-32-25)23(28-26(29)31)22-5-3-4-15-27-22/h3-16,23-24H,1-2H3,(H,28,31). The molecule has 2 aromatic heterocycles. The summed E-state index contributed by atoms with van der Waals surface area (Å²) in [5.74, 6) is 1.62. The fourth-order valence-electron chi connectivity index (χ4n) is 4.00. The zero-order valence-electron chi connectivity index (χ0n) is 17.9. The van der Waals surface area contributed by atoms with Gasteiger partial charge in [-0.25, -0.2) is 0 Å². The molecule has 0 amide bonds. The van der Waals surface area contributed by atoms with Crippen molar-refractivity contribution in [1.82, 2.24) is 10.3 Å². The van der Waals surface area contributed by atoms with E-state index >= 15 is 0 Å². The van der Waals surface area contributed by atoms with Crippen LogP contribution in [-0.4, -0.2) is 10.1 Å². The molecule has 2 unspecified atom stereocenters. The Kier molecular flexibility index (Phi) is 5.64. The van der Waals surface area contributed by atoms with Crippen molar-refractivity contribution in [3.05, 3.63) is 106 Å². The first-order chi connectivity index (χ1) is 15.6. The molecule has 4 aromatic rings. The van der Waals surface area contributed by atoms with Gasteiger partial charge in [-0.3, -0.25) is 4.98 Å². The van der Waals surface area contributed by atoms with Crippen molar-refractivity contribution in [1.29, 1.82) is 0 Å². The lowest BCUT2D eigenvalue weighted by Crippen LogP contribution is -2.29. The fraction of sp³-hybridized carbons (Fsp3) is 0.154. The molecule has 32 heavy (non-hydrogen) atoms. The maximum absolute atomic E-state index is 6.01. The van der Waals surface area contributed by atoms with Gasteiger partial charge < -0.3 is 15.0 Å². The minimum absolute atomic E-state index is 0.0236. The van der Waals surface area contributed by atoms with E-state index in [0.29, 0.717) is 5.11 Å². The van der Waals surface area contributed by atoms with Gasteiger partial charge in [-0.05, 0) is 91.6 Å². The molecule has 1 saturated heterocycles. The SMILES string of the molecule is Cc1ccc(Oc2ccc(N3C(=S)NC(c4ccccn4)C3c3sccc3C)cc2)cc1. The third-order valence-corrected chi connectivity index (χ3v) is 7.04. The number of nitrogens with zero attached hydrogens (tertiary/aromatic N) is 2. The van der Waals surface area contributed by atoms with Crippen LogP contribution in [0.2, 0.25) is 0 Å². The van der Waals surface area contributed by atoms with Gasteiger partial charge in [-0.2, -0.15) is 0 Å². The smallest absolute Gasteiger partial charge is 0.174 e. The molecule has 4 nitrogen and oxygen atoms in total. The number of rotatable bonds is 5. The van der Waals surface area contributed by atoms with Gasteiger partial charge in [0.1, 0.15) is 11.5 Å². The van der Waals surface area contributed by atoms with Gasteiger partial charge in [-0.1, -0.05) is 23.8 Å². The number of anilines is 1. The van der Waals surface area contributed by atoms with Gasteiger partial charge in [0.25, 0.3) is 0 Å². The Morgan fingerprint density at radius 1 is 0.938 bits per heavy atom. The fourth-order valence-corrected chi connectivity index (χ4v) is 5.40. The topological polar surface area (TPSA) is 37.4 Å². The van der Waals surface area contributed by atoms with E-state index in [1.807, 2.05) is 54.7 Å². The predicted molar refractivity (Wildman–Crippen MR) is 135 cm³/mol. The summed E-state index contributed by atoms with van der Waals surface area (Å²) in [6, 6.07) is 24.3. The molecule has 0 spiro atoms. The third kappa shape index (κ3) is 3.99. The third-order valence-electron chi connectivity index (χ3n) is 5.64. The highest BCUT2D eigenvalue weighted by Gasteiger charge is 2.41. The second kappa shape index (κ2) is 8.73. The van der Waals surface area contributed by atoms with E-state index < -0.39 is 0 Å². The number of pyridine rings is 1. The first-order valence-corrected chi connectivity index (χ1v) is 11.8. The Bertz CT molecular complexity index is 1220. The van der Waals surface area contributed by atoms with E-state index in [1.54, 1.807) is 11.3 Å². The summed E-state index contributed by atoms with van der Waals surface area (Å²) < 4.78 is 6.01. The summed E-state index contributed by atoms with van der Waals surface area (Å²) in [5.41, 5.74) is 4.47. The molecular formula is C26H23N3OS2. The Morgan fingerprint density at radius 3 is 2.28 bits per heavy atom. The summed E-state index contributed by atoms with van der Waals surface area (Å²) in [6.45, 7) is 4.22. The van der Waals surface area contributed by atoms with E-state index in [4.69, 9.17) is 17.0 Å². The van der Waals surface area contributed by atoms with Crippen LogP contribution >= 0.6 is 23.6 Å². The van der Waals surface area contributed by atoms with Crippen LogP contribution in [0.25, 0.3) is 0 Å². The average molecular weight is 458 g/mol. The predicted octanol–water partition coefficient (Wildman–Crippen LogP) is 6.73. The number of thiocarbonyl (C=S) groups is 1. The molecular weight excluding hydrogens is 434 g/mol. The highest BCUT2D eigenvalue weighted by atomic mass is 32.1. The van der Waals surface area contributed by atoms with E-state index in [-0.39, 0.29) is 12.1 Å². The van der Waals surface area contributed by atoms with E-state index in [9.17, 15) is 0 Å². The van der Waals surface area contributed by atoms with Crippen molar-refractivity contribution in [3.63, 3.8) is 0 Å². The lowest BCUT2D eigenvalue weighted by atomic mass is 10.0. The number of hydrogen-bond donors (Lipinski definition) is 1. The number of ether oxygens (including phenoxy) is 1. The van der Waals surface area contributed by atoms with Crippen LogP contribution in [0.5, 0.6) is 11.5 Å². The lowest BCUT2D eigenvalue weighted by molar-refractivity contribution is 0.482. The number of hydrogen-bond acceptors (Lipinski definition) is 4. The molecule has 160 valence electrons. The lowest BCUT2D eigenvalue weighted by Gasteiger charge is -2.27. The molecule has 1 N–H and O–H groups in total. The van der Waals surface area contributed by atoms with Crippen LogP contribution in [0, 0.1) is 13.8 Å². The van der Waals surface area contributed by atoms with Crippen molar-refractivity contribution in [2.45, 2.75) is 25.9 Å². The van der Waals surface area contributed by atoms with E-state index in [1.165, 1.54) is 16.0 Å². The number of thiophene rings is 1. The quantitative estimate of drug-likeness (QED) is 0.336. The Morgan fingerprint density at radius 2 is 1.66 bits per heavy atom. The van der Waals surface area contributed by atoms with Crippen molar-refractivity contribution in [3.8, 4) is 11.5 Å². The van der Waals surface area contributed by atoms with E-state index in [0.717, 1.165) is 22.9 Å². The minimum Gasteiger partial charge on any atom is -0.457 e. The van der Waals surface area contributed by atoms with Crippen LogP contribution < -0.4 is 15.0 Å². The number of nitrogens with one attached hydrogen (secondary N) is 1. The van der Waals surface area contributed by atoms with Gasteiger partial charge >= 0.3 is 0 Å². The summed E-state index contributed by atoms with van der Waals surface area (Å²) in [6.07, 6.45) is 1.83. The molecule has 2 aromatic carbocycles. The molecule has 0 bridgehead atoms. The van der Waals surface area contributed by atoms with Crippen molar-refractivity contribution < 1.29 is 4.74 Å². The zero-order chi connectivity index (χ0) is 22.1. The zero-order valence-corrected chi connectivity index (χ0v) is 19.5. The van der Waals surface area contributed by atoms with E-state index in [2.05, 4.69) is 58.7 Å². The minimum atomic E-state index is -0.0236. The highest BCUT2D eigenvalue weighted by Crippen LogP contribution is 2.44. The maximum atomic E-state index is 6.01. The molecule has 2 atom stereocenters. The average Bonchev–Trinajstić information content (AvgIpc) is 3.39. The number of benzene rings is 2. The molecule has 5 rings (SSSR count). The summed E-state index contributed by atoms with van der Waals surface area (Å²) in [7, 11) is 0. The van der Waals surface area contributed by atoms with Crippen molar-refractivity contribution in [2.24, 2.45) is 0 Å². The van der Waals surface area contributed by atoms with Gasteiger partial charge in [0.2, 0.25) is 0 Å². The second-order valence-corrected chi connectivity index (χ2v) is 9.21. The van der Waals surface area contributed by atoms with Gasteiger partial charge in [-0.15, -0.1) is 11.3 Å². The van der Waals surface area contributed by atoms with Crippen LogP contribution in [0.3, 0.4) is 0 Å². The molecule has 1 aliphatic heterocycles. The Hall–Kier alpha value is -3.22. The highest BCUT2D eigenvalue weighted by molar-refractivity contribution is 7.80. The largest absolute Gasteiger partial charge is 0.457 e. The van der Waals surface area contributed by atoms with Crippen molar-refractivity contribution >= 4 is 34.4 Å². The molecule has 1 aliphatic rings. The molecule has 1 fully saturated rings. The van der Waals surface area contributed by atoms with Crippen molar-refractivity contribution in [2.75, 3.05) is 4.90 Å². The monoisotopic (exact) mass is 457 g/mol. The van der Waals surface area contributed by atoms with Crippen LogP contribution in [0.15, 0.2) is 84.4 Å². The second-order valence-electron chi connectivity index (χ2n) is 7.87. The van der Waals surface area contributed by atoms with Gasteiger partial charge in [0.15, 0.2) is 5.11 Å². The Balaban J connectivity index is 1.47. The molecule has 0 radical (unpaired) electrons. The van der Waals surface area contributed by atoms with Crippen LogP contribution in [-0.2, 0) is 0 Å². The molecule has 6 heteroatoms. The molecule has 0 saturated carbocycles. The summed E-state index contributed by atoms with van der Waals surface area (Å²) in [4.78, 5) is 8.10. The maximum Gasteiger partial charge on any atom is 0.174 e. The van der Waals surface area contributed by atoms with Crippen LogP contribution in [0.4, 0.5) is 5.69 Å².